The van der Waals surface area contributed by atoms with E-state index >= 15 is 0 Å². The van der Waals surface area contributed by atoms with Crippen molar-refractivity contribution < 1.29 is 38.1 Å². The number of hydrogen-bond donors (Lipinski definition) is 1. The Kier molecular flexibility index (Phi) is 6.82. The molecule has 0 bridgehead atoms. The molecule has 0 aromatic heterocycles. The van der Waals surface area contributed by atoms with Gasteiger partial charge in [-0.25, -0.2) is 14.5 Å². The van der Waals surface area contributed by atoms with E-state index in [1.807, 2.05) is 0 Å². The third-order valence-corrected chi connectivity index (χ3v) is 6.17. The zero-order valence-corrected chi connectivity index (χ0v) is 18.9. The van der Waals surface area contributed by atoms with E-state index in [1.165, 1.54) is 12.1 Å². The van der Waals surface area contributed by atoms with E-state index in [1.54, 1.807) is 19.1 Å². The molecule has 1 fully saturated rings. The Morgan fingerprint density at radius 3 is 2.36 bits per heavy atom. The predicted molar refractivity (Wildman–Crippen MR) is 116 cm³/mol. The number of carbonyl (C=O) groups excluding carboxylic acids is 4. The minimum Gasteiger partial charge on any atom is -0.464 e. The van der Waals surface area contributed by atoms with Crippen LogP contribution in [0.1, 0.15) is 34.1 Å². The maximum absolute atomic E-state index is 13.0. The molecule has 3 heterocycles. The van der Waals surface area contributed by atoms with Crippen LogP contribution in [0.5, 0.6) is 0 Å². The molecule has 0 atom stereocenters. The third kappa shape index (κ3) is 4.26. The largest absolute Gasteiger partial charge is 0.464 e. The van der Waals surface area contributed by atoms with E-state index < -0.39 is 30.0 Å². The number of imide groups is 1. The SMILES string of the molecule is CCOC(=O)C1=C(C2OCCCO2)CS/C(=C(/C(=O)OC)N2C(=O)c3ccccc3C2=O)N1. The van der Waals surface area contributed by atoms with Crippen LogP contribution in [0.3, 0.4) is 0 Å². The lowest BCUT2D eigenvalue weighted by molar-refractivity contribution is -0.158. The molecule has 33 heavy (non-hydrogen) atoms. The molecule has 1 aromatic rings. The molecule has 174 valence electrons. The molecule has 1 N–H and O–H groups in total. The first kappa shape index (κ1) is 23.0. The number of nitrogens with one attached hydrogen (secondary N) is 1. The van der Waals surface area contributed by atoms with Crippen LogP contribution in [0.25, 0.3) is 0 Å². The van der Waals surface area contributed by atoms with Crippen molar-refractivity contribution in [3.63, 3.8) is 0 Å². The van der Waals surface area contributed by atoms with Gasteiger partial charge in [-0.1, -0.05) is 12.1 Å². The van der Waals surface area contributed by atoms with Gasteiger partial charge < -0.3 is 24.3 Å². The number of esters is 2. The summed E-state index contributed by atoms with van der Waals surface area (Å²) in [5, 5.41) is 3.00. The predicted octanol–water partition coefficient (Wildman–Crippen LogP) is 1.54. The molecule has 1 saturated heterocycles. The highest BCUT2D eigenvalue weighted by Crippen LogP contribution is 2.35. The van der Waals surface area contributed by atoms with Crippen molar-refractivity contribution in [3.8, 4) is 0 Å². The van der Waals surface area contributed by atoms with Gasteiger partial charge in [0.2, 0.25) is 0 Å². The first-order valence-corrected chi connectivity index (χ1v) is 11.3. The first-order chi connectivity index (χ1) is 16.0. The lowest BCUT2D eigenvalue weighted by atomic mass is 10.1. The van der Waals surface area contributed by atoms with Gasteiger partial charge in [0, 0.05) is 11.3 Å². The van der Waals surface area contributed by atoms with Gasteiger partial charge in [0.25, 0.3) is 11.8 Å². The molecular weight excluding hydrogens is 452 g/mol. The Morgan fingerprint density at radius 2 is 1.79 bits per heavy atom. The maximum atomic E-state index is 13.0. The molecule has 10 nitrogen and oxygen atoms in total. The van der Waals surface area contributed by atoms with E-state index in [0.717, 1.165) is 30.2 Å². The van der Waals surface area contributed by atoms with Crippen LogP contribution in [-0.4, -0.2) is 67.6 Å². The van der Waals surface area contributed by atoms with Crippen molar-refractivity contribution >= 4 is 35.5 Å². The second-order valence-corrected chi connectivity index (χ2v) is 8.11. The Labute approximate surface area is 193 Å². The number of carbonyl (C=O) groups is 4. The number of methoxy groups -OCH3 is 1. The molecular formula is C22H22N2O8S. The number of hydrogen-bond acceptors (Lipinski definition) is 10. The fourth-order valence-electron chi connectivity index (χ4n) is 3.61. The smallest absolute Gasteiger partial charge is 0.358 e. The van der Waals surface area contributed by atoms with Crippen molar-refractivity contribution in [1.82, 2.24) is 10.2 Å². The van der Waals surface area contributed by atoms with Gasteiger partial charge in [0.1, 0.15) is 10.7 Å². The van der Waals surface area contributed by atoms with E-state index in [-0.39, 0.29) is 39.9 Å². The highest BCUT2D eigenvalue weighted by atomic mass is 32.2. The molecule has 0 aliphatic carbocycles. The molecule has 0 radical (unpaired) electrons. The second kappa shape index (κ2) is 9.77. The van der Waals surface area contributed by atoms with Gasteiger partial charge in [0.15, 0.2) is 12.0 Å². The summed E-state index contributed by atoms with van der Waals surface area (Å²) in [6.07, 6.45) is -0.0168. The van der Waals surface area contributed by atoms with Gasteiger partial charge in [0.05, 0.1) is 38.1 Å². The summed E-state index contributed by atoms with van der Waals surface area (Å²) in [5.74, 6) is -2.69. The monoisotopic (exact) mass is 474 g/mol. The second-order valence-electron chi connectivity index (χ2n) is 7.12. The van der Waals surface area contributed by atoms with Crippen molar-refractivity contribution in [1.29, 1.82) is 0 Å². The Morgan fingerprint density at radius 1 is 1.15 bits per heavy atom. The summed E-state index contributed by atoms with van der Waals surface area (Å²) in [5.41, 5.74) is 0.594. The van der Waals surface area contributed by atoms with Gasteiger partial charge in [-0.05, 0) is 25.5 Å². The van der Waals surface area contributed by atoms with Crippen molar-refractivity contribution in [2.75, 3.05) is 32.7 Å². The lowest BCUT2D eigenvalue weighted by Gasteiger charge is -2.31. The quantitative estimate of drug-likeness (QED) is 0.382. The molecule has 11 heteroatoms. The van der Waals surface area contributed by atoms with Gasteiger partial charge in [-0.15, -0.1) is 11.8 Å². The topological polar surface area (TPSA) is 120 Å². The summed E-state index contributed by atoms with van der Waals surface area (Å²) in [4.78, 5) is 52.3. The van der Waals surface area contributed by atoms with Crippen molar-refractivity contribution in [2.45, 2.75) is 19.6 Å². The van der Waals surface area contributed by atoms with E-state index in [9.17, 15) is 19.2 Å². The van der Waals surface area contributed by atoms with Crippen LogP contribution in [-0.2, 0) is 28.5 Å². The maximum Gasteiger partial charge on any atom is 0.358 e. The number of amides is 2. The normalized spacial score (nSPS) is 20.4. The minimum absolute atomic E-state index is 0.0375. The van der Waals surface area contributed by atoms with Crippen LogP contribution in [0.4, 0.5) is 0 Å². The van der Waals surface area contributed by atoms with Crippen LogP contribution < -0.4 is 5.32 Å². The Hall–Kier alpha value is -3.15. The van der Waals surface area contributed by atoms with E-state index in [0.29, 0.717) is 18.8 Å². The standard InChI is InChI=1S/C22H22N2O8S/c1-3-30-20(27)15-14(22-31-9-6-10-32-22)11-33-17(23-15)16(21(28)29-2)24-18(25)12-7-4-5-8-13(12)19(24)26/h4-5,7-8,22-23H,3,6,9-11H2,1-2H3/b17-16-. The fraction of sp³-hybridized carbons (Fsp3) is 0.364. The van der Waals surface area contributed by atoms with Crippen LogP contribution >= 0.6 is 11.8 Å². The lowest BCUT2D eigenvalue weighted by Crippen LogP contribution is -2.40. The summed E-state index contributed by atoms with van der Waals surface area (Å²) in [7, 11) is 1.14. The highest BCUT2D eigenvalue weighted by molar-refractivity contribution is 8.03. The van der Waals surface area contributed by atoms with E-state index in [4.69, 9.17) is 18.9 Å². The van der Waals surface area contributed by atoms with Gasteiger partial charge in [-0.3, -0.25) is 9.59 Å². The molecule has 0 unspecified atom stereocenters. The summed E-state index contributed by atoms with van der Waals surface area (Å²) in [6.45, 7) is 2.73. The summed E-state index contributed by atoms with van der Waals surface area (Å²) < 4.78 is 21.3. The highest BCUT2D eigenvalue weighted by Gasteiger charge is 2.43. The molecule has 0 saturated carbocycles. The first-order valence-electron chi connectivity index (χ1n) is 10.3. The molecule has 3 aliphatic heterocycles. The van der Waals surface area contributed by atoms with Gasteiger partial charge in [-0.2, -0.15) is 0 Å². The van der Waals surface area contributed by atoms with Crippen molar-refractivity contribution in [2.24, 2.45) is 0 Å². The van der Waals surface area contributed by atoms with Gasteiger partial charge >= 0.3 is 11.9 Å². The number of fused-ring (bicyclic) bond motifs is 1. The number of nitrogens with zero attached hydrogens (tertiary/aromatic N) is 1. The molecule has 3 aliphatic rings. The zero-order valence-electron chi connectivity index (χ0n) is 18.0. The average Bonchev–Trinajstić information content (AvgIpc) is 3.10. The van der Waals surface area contributed by atoms with Crippen molar-refractivity contribution in [3.05, 3.63) is 57.4 Å². The molecule has 4 rings (SSSR count). The molecule has 0 spiro atoms. The zero-order chi connectivity index (χ0) is 23.5. The Balaban J connectivity index is 1.77. The third-order valence-electron chi connectivity index (χ3n) is 5.13. The molecule has 1 aromatic carbocycles. The van der Waals surface area contributed by atoms with Crippen LogP contribution in [0.15, 0.2) is 46.3 Å². The molecule has 2 amide bonds. The number of ether oxygens (including phenoxy) is 4. The summed E-state index contributed by atoms with van der Waals surface area (Å²) >= 11 is 1.12. The van der Waals surface area contributed by atoms with E-state index in [2.05, 4.69) is 5.32 Å². The van der Waals surface area contributed by atoms with Crippen LogP contribution in [0, 0.1) is 0 Å². The number of thioether (sulfide) groups is 1. The van der Waals surface area contributed by atoms with Crippen LogP contribution in [0.2, 0.25) is 0 Å². The average molecular weight is 474 g/mol. The summed E-state index contributed by atoms with van der Waals surface area (Å²) in [6, 6.07) is 6.28. The minimum atomic E-state index is -0.906. The Bertz CT molecular complexity index is 1040. The number of rotatable bonds is 5. The fourth-order valence-corrected chi connectivity index (χ4v) is 4.68. The number of benzene rings is 1.